The van der Waals surface area contributed by atoms with E-state index in [0.29, 0.717) is 17.2 Å². The molecule has 0 aliphatic heterocycles. The Labute approximate surface area is 154 Å². The molecule has 4 saturated carbocycles. The number of hydrogen-bond donors (Lipinski definition) is 1. The molecule has 0 saturated heterocycles. The Morgan fingerprint density at radius 2 is 1.79 bits per heavy atom. The fraction of sp³-hybridized carbons (Fsp3) is 0.650. The number of hydrogen-bond acceptors (Lipinski definition) is 2. The van der Waals surface area contributed by atoms with Crippen LogP contribution in [-0.2, 0) is 4.79 Å². The Bertz CT molecular complexity index is 597. The van der Waals surface area contributed by atoms with Gasteiger partial charge in [-0.2, -0.15) is 0 Å². The molecule has 1 N–H and O–H groups in total. The summed E-state index contributed by atoms with van der Waals surface area (Å²) in [5, 5.41) is 4.05. The van der Waals surface area contributed by atoms with Crippen LogP contribution >= 0.6 is 23.4 Å². The lowest BCUT2D eigenvalue weighted by molar-refractivity contribution is -0.123. The molecule has 4 bridgehead atoms. The van der Waals surface area contributed by atoms with Gasteiger partial charge in [-0.25, -0.2) is 0 Å². The molecule has 0 aromatic heterocycles. The molecular formula is C20H26ClNOS. The second-order valence-electron chi connectivity index (χ2n) is 8.29. The number of carbonyl (C=O) groups excluding carboxylic acids is 1. The molecule has 1 aromatic carbocycles. The highest BCUT2D eigenvalue weighted by atomic mass is 35.5. The number of halogens is 1. The summed E-state index contributed by atoms with van der Waals surface area (Å²) in [7, 11) is 0. The van der Waals surface area contributed by atoms with Crippen molar-refractivity contribution in [3.8, 4) is 0 Å². The second kappa shape index (κ2) is 6.57. The quantitative estimate of drug-likeness (QED) is 0.732. The first-order valence-corrected chi connectivity index (χ1v) is 10.6. The van der Waals surface area contributed by atoms with E-state index in [4.69, 9.17) is 11.6 Å². The van der Waals surface area contributed by atoms with E-state index < -0.39 is 0 Å². The van der Waals surface area contributed by atoms with Gasteiger partial charge in [0.05, 0.1) is 10.8 Å². The summed E-state index contributed by atoms with van der Waals surface area (Å²) in [6.07, 6.45) is 8.33. The SMILES string of the molecule is C[C@H](NC(=O)CSc1ccccc1Cl)C12CC3CC(CC(C3)C1)C2. The molecule has 1 aromatic rings. The van der Waals surface area contributed by atoms with Crippen LogP contribution in [0.25, 0.3) is 0 Å². The Morgan fingerprint density at radius 3 is 2.38 bits per heavy atom. The topological polar surface area (TPSA) is 29.1 Å². The van der Waals surface area contributed by atoms with Crippen molar-refractivity contribution in [2.24, 2.45) is 23.2 Å². The van der Waals surface area contributed by atoms with Crippen molar-refractivity contribution in [3.05, 3.63) is 29.3 Å². The molecule has 0 unspecified atom stereocenters. The zero-order valence-corrected chi connectivity index (χ0v) is 15.8. The Balaban J connectivity index is 1.35. The molecule has 1 atom stereocenters. The lowest BCUT2D eigenvalue weighted by Crippen LogP contribution is -2.56. The normalized spacial score (nSPS) is 35.0. The van der Waals surface area contributed by atoms with Gasteiger partial charge in [0.1, 0.15) is 0 Å². The van der Waals surface area contributed by atoms with Gasteiger partial charge in [-0.3, -0.25) is 4.79 Å². The first-order valence-electron chi connectivity index (χ1n) is 9.21. The molecule has 2 nitrogen and oxygen atoms in total. The minimum Gasteiger partial charge on any atom is -0.352 e. The number of thioether (sulfide) groups is 1. The third kappa shape index (κ3) is 3.22. The minimum absolute atomic E-state index is 0.142. The van der Waals surface area contributed by atoms with Gasteiger partial charge in [0.2, 0.25) is 5.91 Å². The first kappa shape index (κ1) is 16.8. The van der Waals surface area contributed by atoms with E-state index in [1.807, 2.05) is 24.3 Å². The van der Waals surface area contributed by atoms with Crippen LogP contribution in [0, 0.1) is 23.2 Å². The van der Waals surface area contributed by atoms with Gasteiger partial charge in [0.25, 0.3) is 0 Å². The second-order valence-corrected chi connectivity index (χ2v) is 9.71. The van der Waals surface area contributed by atoms with E-state index in [1.54, 1.807) is 0 Å². The highest BCUT2D eigenvalue weighted by Gasteiger charge is 2.53. The van der Waals surface area contributed by atoms with E-state index in [1.165, 1.54) is 50.3 Å². The van der Waals surface area contributed by atoms with Gasteiger partial charge in [-0.15, -0.1) is 11.8 Å². The summed E-state index contributed by atoms with van der Waals surface area (Å²) in [6.45, 7) is 2.24. The van der Waals surface area contributed by atoms with Gasteiger partial charge in [-0.1, -0.05) is 23.7 Å². The van der Waals surface area contributed by atoms with E-state index >= 15 is 0 Å². The van der Waals surface area contributed by atoms with Crippen LogP contribution in [0.3, 0.4) is 0 Å². The number of carbonyl (C=O) groups is 1. The maximum absolute atomic E-state index is 12.5. The predicted octanol–water partition coefficient (Wildman–Crippen LogP) is 5.15. The number of rotatable bonds is 5. The van der Waals surface area contributed by atoms with E-state index in [2.05, 4.69) is 12.2 Å². The smallest absolute Gasteiger partial charge is 0.230 e. The fourth-order valence-electron chi connectivity index (χ4n) is 5.85. The molecule has 130 valence electrons. The summed E-state index contributed by atoms with van der Waals surface area (Å²) in [5.41, 5.74) is 0.374. The monoisotopic (exact) mass is 363 g/mol. The molecular weight excluding hydrogens is 338 g/mol. The summed E-state index contributed by atoms with van der Waals surface area (Å²) in [4.78, 5) is 13.4. The molecule has 1 amide bonds. The Morgan fingerprint density at radius 1 is 1.21 bits per heavy atom. The largest absolute Gasteiger partial charge is 0.352 e. The van der Waals surface area contributed by atoms with Crippen LogP contribution in [0.5, 0.6) is 0 Å². The van der Waals surface area contributed by atoms with Crippen molar-refractivity contribution >= 4 is 29.3 Å². The average Bonchev–Trinajstić information content (AvgIpc) is 2.53. The summed E-state index contributed by atoms with van der Waals surface area (Å²) >= 11 is 7.70. The highest BCUT2D eigenvalue weighted by Crippen LogP contribution is 2.61. The summed E-state index contributed by atoms with van der Waals surface area (Å²) in [6, 6.07) is 8.03. The van der Waals surface area contributed by atoms with Crippen molar-refractivity contribution in [2.75, 3.05) is 5.75 Å². The average molecular weight is 364 g/mol. The van der Waals surface area contributed by atoms with Crippen LogP contribution in [-0.4, -0.2) is 17.7 Å². The van der Waals surface area contributed by atoms with Gasteiger partial charge in [0, 0.05) is 10.9 Å². The van der Waals surface area contributed by atoms with Crippen LogP contribution < -0.4 is 5.32 Å². The predicted molar refractivity (Wildman–Crippen MR) is 100 cm³/mol. The molecule has 4 heteroatoms. The van der Waals surface area contributed by atoms with Crippen molar-refractivity contribution in [3.63, 3.8) is 0 Å². The molecule has 0 radical (unpaired) electrons. The molecule has 4 aliphatic carbocycles. The Kier molecular flexibility index (Phi) is 4.59. The minimum atomic E-state index is 0.142. The third-order valence-electron chi connectivity index (χ3n) is 6.58. The zero-order valence-electron chi connectivity index (χ0n) is 14.3. The maximum Gasteiger partial charge on any atom is 0.230 e. The van der Waals surface area contributed by atoms with E-state index in [-0.39, 0.29) is 5.91 Å². The van der Waals surface area contributed by atoms with Crippen molar-refractivity contribution in [1.29, 1.82) is 0 Å². The third-order valence-corrected chi connectivity index (χ3v) is 8.09. The summed E-state index contributed by atoms with van der Waals surface area (Å²) in [5.74, 6) is 3.36. The highest BCUT2D eigenvalue weighted by molar-refractivity contribution is 8.00. The van der Waals surface area contributed by atoms with E-state index in [9.17, 15) is 4.79 Å². The fourth-order valence-corrected chi connectivity index (χ4v) is 6.90. The van der Waals surface area contributed by atoms with Gasteiger partial charge in [-0.05, 0) is 80.8 Å². The number of amides is 1. The molecule has 4 aliphatic rings. The van der Waals surface area contributed by atoms with Crippen LogP contribution in [0.4, 0.5) is 0 Å². The molecule has 5 rings (SSSR count). The molecule has 4 fully saturated rings. The molecule has 0 spiro atoms. The molecule has 24 heavy (non-hydrogen) atoms. The van der Waals surface area contributed by atoms with Crippen LogP contribution in [0.2, 0.25) is 5.02 Å². The van der Waals surface area contributed by atoms with Crippen molar-refractivity contribution in [1.82, 2.24) is 5.32 Å². The summed E-state index contributed by atoms with van der Waals surface area (Å²) < 4.78 is 0. The Hall–Kier alpha value is -0.670. The van der Waals surface area contributed by atoms with Gasteiger partial charge in [0.15, 0.2) is 0 Å². The lowest BCUT2D eigenvalue weighted by atomic mass is 9.48. The first-order chi connectivity index (χ1) is 11.5. The van der Waals surface area contributed by atoms with Crippen molar-refractivity contribution < 1.29 is 4.79 Å². The maximum atomic E-state index is 12.5. The van der Waals surface area contributed by atoms with Gasteiger partial charge >= 0.3 is 0 Å². The van der Waals surface area contributed by atoms with E-state index in [0.717, 1.165) is 27.7 Å². The standard InChI is InChI=1S/C20H26ClNOS/c1-13(20-9-14-6-15(10-20)8-16(7-14)11-20)22-19(23)12-24-18-5-3-2-4-17(18)21/h2-5,13-16H,6-12H2,1H3,(H,22,23)/t13-,14?,15?,16?,20?/m0/s1. The number of benzene rings is 1. The zero-order chi connectivity index (χ0) is 16.7. The van der Waals surface area contributed by atoms with Gasteiger partial charge < -0.3 is 5.32 Å². The van der Waals surface area contributed by atoms with Crippen LogP contribution in [0.15, 0.2) is 29.2 Å². The molecule has 0 heterocycles. The van der Waals surface area contributed by atoms with Crippen LogP contribution in [0.1, 0.15) is 45.4 Å². The van der Waals surface area contributed by atoms with Crippen molar-refractivity contribution in [2.45, 2.75) is 56.4 Å². The lowest BCUT2D eigenvalue weighted by Gasteiger charge is -2.59. The number of nitrogens with one attached hydrogen (secondary N) is 1.